The number of rotatable bonds is 3. The molecule has 0 bridgehead atoms. The highest BCUT2D eigenvalue weighted by Gasteiger charge is 2.08. The summed E-state index contributed by atoms with van der Waals surface area (Å²) in [6.45, 7) is -0.104. The first-order chi connectivity index (χ1) is 5.76. The molecule has 1 atom stereocenters. The molecule has 0 aliphatic heterocycles. The quantitative estimate of drug-likeness (QED) is 0.690. The number of hydrogen-bond donors (Lipinski definition) is 1. The first-order valence-electron chi connectivity index (χ1n) is 3.75. The van der Waals surface area contributed by atoms with Crippen LogP contribution in [0.25, 0.3) is 0 Å². The van der Waals surface area contributed by atoms with Gasteiger partial charge in [-0.15, -0.1) is 0 Å². The first-order valence-corrected chi connectivity index (χ1v) is 3.75. The molecule has 1 N–H and O–H groups in total. The monoisotopic (exact) mass is 165 g/mol. The Labute approximate surface area is 71.1 Å². The number of aliphatic hydroxyl groups is 1. The van der Waals surface area contributed by atoms with Crippen molar-refractivity contribution in [2.75, 3.05) is 6.61 Å². The molecule has 0 radical (unpaired) electrons. The normalized spacial score (nSPS) is 12.4. The molecular formula is C8H11N3O. The zero-order chi connectivity index (χ0) is 8.97. The second-order valence-corrected chi connectivity index (χ2v) is 2.69. The maximum atomic E-state index is 8.74. The minimum atomic E-state index is -0.333. The van der Waals surface area contributed by atoms with Crippen molar-refractivity contribution in [1.29, 1.82) is 5.26 Å². The van der Waals surface area contributed by atoms with Crippen molar-refractivity contribution in [3.8, 4) is 6.07 Å². The minimum Gasteiger partial charge on any atom is -0.395 e. The summed E-state index contributed by atoms with van der Waals surface area (Å²) in [5.74, 6) is -0.333. The molecule has 0 amide bonds. The molecule has 4 nitrogen and oxygen atoms in total. The summed E-state index contributed by atoms with van der Waals surface area (Å²) in [5.41, 5.74) is 0.845. The molecule has 1 rings (SSSR count). The Morgan fingerprint density at radius 3 is 3.00 bits per heavy atom. The third kappa shape index (κ3) is 2.07. The molecule has 1 heterocycles. The predicted octanol–water partition coefficient (Wildman–Crippen LogP) is 0.0947. The van der Waals surface area contributed by atoms with Crippen LogP contribution in [0, 0.1) is 17.2 Å². The van der Waals surface area contributed by atoms with E-state index in [-0.39, 0.29) is 12.5 Å². The summed E-state index contributed by atoms with van der Waals surface area (Å²) in [6.07, 6.45) is 2.34. The predicted molar refractivity (Wildman–Crippen MR) is 43.1 cm³/mol. The number of aryl methyl sites for hydroxylation is 1. The average Bonchev–Trinajstić information content (AvgIpc) is 2.47. The lowest BCUT2D eigenvalue weighted by molar-refractivity contribution is 0.255. The Hall–Kier alpha value is -1.34. The van der Waals surface area contributed by atoms with Crippen molar-refractivity contribution in [2.24, 2.45) is 13.0 Å². The maximum Gasteiger partial charge on any atom is 0.0750 e. The Morgan fingerprint density at radius 1 is 1.83 bits per heavy atom. The van der Waals surface area contributed by atoms with Gasteiger partial charge in [0.25, 0.3) is 0 Å². The Balaban J connectivity index is 2.58. The molecule has 0 aromatic carbocycles. The summed E-state index contributed by atoms with van der Waals surface area (Å²) in [4.78, 5) is 0. The molecule has 0 aliphatic carbocycles. The van der Waals surface area contributed by atoms with E-state index in [1.807, 2.05) is 25.4 Å². The highest BCUT2D eigenvalue weighted by molar-refractivity contribution is 5.03. The molecule has 64 valence electrons. The molecule has 1 aromatic rings. The Bertz CT molecular complexity index is 287. The number of nitrogens with zero attached hydrogens (tertiary/aromatic N) is 3. The van der Waals surface area contributed by atoms with Crippen LogP contribution in [0.3, 0.4) is 0 Å². The first kappa shape index (κ1) is 8.75. The second kappa shape index (κ2) is 3.88. The van der Waals surface area contributed by atoms with Crippen LogP contribution in [0.15, 0.2) is 12.3 Å². The molecule has 0 fully saturated rings. The van der Waals surface area contributed by atoms with Gasteiger partial charge in [0, 0.05) is 19.7 Å². The van der Waals surface area contributed by atoms with Gasteiger partial charge in [0.05, 0.1) is 24.3 Å². The van der Waals surface area contributed by atoms with Gasteiger partial charge in [-0.05, 0) is 6.07 Å². The fraction of sp³-hybridized carbons (Fsp3) is 0.500. The van der Waals surface area contributed by atoms with Gasteiger partial charge in [0.1, 0.15) is 0 Å². The third-order valence-corrected chi connectivity index (χ3v) is 1.63. The summed E-state index contributed by atoms with van der Waals surface area (Å²) in [5, 5.41) is 21.4. The van der Waals surface area contributed by atoms with Gasteiger partial charge in [-0.1, -0.05) is 0 Å². The molecular weight excluding hydrogens is 154 g/mol. The van der Waals surface area contributed by atoms with E-state index in [1.54, 1.807) is 4.68 Å². The van der Waals surface area contributed by atoms with Gasteiger partial charge in [0.15, 0.2) is 0 Å². The lowest BCUT2D eigenvalue weighted by atomic mass is 10.1. The fourth-order valence-corrected chi connectivity index (χ4v) is 0.976. The smallest absolute Gasteiger partial charge is 0.0750 e. The van der Waals surface area contributed by atoms with Crippen LogP contribution in [-0.4, -0.2) is 21.5 Å². The van der Waals surface area contributed by atoms with Gasteiger partial charge in [-0.3, -0.25) is 4.68 Å². The van der Waals surface area contributed by atoms with Crippen molar-refractivity contribution in [2.45, 2.75) is 6.42 Å². The zero-order valence-electron chi connectivity index (χ0n) is 6.94. The molecule has 1 unspecified atom stereocenters. The highest BCUT2D eigenvalue weighted by atomic mass is 16.3. The average molecular weight is 165 g/mol. The van der Waals surface area contributed by atoms with Crippen LogP contribution in [0.1, 0.15) is 5.69 Å². The van der Waals surface area contributed by atoms with Crippen LogP contribution in [0.4, 0.5) is 0 Å². The van der Waals surface area contributed by atoms with Crippen LogP contribution in [0.2, 0.25) is 0 Å². The van der Waals surface area contributed by atoms with E-state index in [0.29, 0.717) is 6.42 Å². The number of aromatic nitrogens is 2. The molecule has 0 saturated heterocycles. The standard InChI is InChI=1S/C8H11N3O/c1-11-3-2-8(10-11)4-7(5-9)6-12/h2-3,7,12H,4,6H2,1H3. The topological polar surface area (TPSA) is 61.8 Å². The van der Waals surface area contributed by atoms with Crippen molar-refractivity contribution in [1.82, 2.24) is 9.78 Å². The van der Waals surface area contributed by atoms with Crippen molar-refractivity contribution in [3.05, 3.63) is 18.0 Å². The minimum absolute atomic E-state index is 0.104. The van der Waals surface area contributed by atoms with E-state index >= 15 is 0 Å². The van der Waals surface area contributed by atoms with Gasteiger partial charge in [-0.2, -0.15) is 10.4 Å². The van der Waals surface area contributed by atoms with Gasteiger partial charge < -0.3 is 5.11 Å². The van der Waals surface area contributed by atoms with Gasteiger partial charge >= 0.3 is 0 Å². The summed E-state index contributed by atoms with van der Waals surface area (Å²) < 4.78 is 1.68. The molecule has 0 saturated carbocycles. The van der Waals surface area contributed by atoms with Crippen molar-refractivity contribution >= 4 is 0 Å². The molecule has 0 aliphatic rings. The van der Waals surface area contributed by atoms with E-state index in [9.17, 15) is 0 Å². The molecule has 4 heteroatoms. The van der Waals surface area contributed by atoms with Crippen molar-refractivity contribution < 1.29 is 5.11 Å². The second-order valence-electron chi connectivity index (χ2n) is 2.69. The van der Waals surface area contributed by atoms with E-state index in [4.69, 9.17) is 10.4 Å². The van der Waals surface area contributed by atoms with Crippen LogP contribution in [-0.2, 0) is 13.5 Å². The number of aliphatic hydroxyl groups excluding tert-OH is 1. The Kier molecular flexibility index (Phi) is 2.83. The SMILES string of the molecule is Cn1ccc(CC(C#N)CO)n1. The van der Waals surface area contributed by atoms with E-state index in [1.165, 1.54) is 0 Å². The van der Waals surface area contributed by atoms with Gasteiger partial charge in [0.2, 0.25) is 0 Å². The highest BCUT2D eigenvalue weighted by Crippen LogP contribution is 2.04. The summed E-state index contributed by atoms with van der Waals surface area (Å²) in [6, 6.07) is 3.86. The van der Waals surface area contributed by atoms with E-state index in [2.05, 4.69) is 5.10 Å². The lowest BCUT2D eigenvalue weighted by Gasteiger charge is -2.00. The van der Waals surface area contributed by atoms with Gasteiger partial charge in [-0.25, -0.2) is 0 Å². The third-order valence-electron chi connectivity index (χ3n) is 1.63. The molecule has 12 heavy (non-hydrogen) atoms. The van der Waals surface area contributed by atoms with Crippen LogP contribution in [0.5, 0.6) is 0 Å². The van der Waals surface area contributed by atoms with Crippen LogP contribution < -0.4 is 0 Å². The van der Waals surface area contributed by atoms with E-state index < -0.39 is 0 Å². The zero-order valence-corrected chi connectivity index (χ0v) is 6.94. The number of nitriles is 1. The van der Waals surface area contributed by atoms with E-state index in [0.717, 1.165) is 5.69 Å². The lowest BCUT2D eigenvalue weighted by Crippen LogP contribution is -2.07. The molecule has 0 spiro atoms. The summed E-state index contributed by atoms with van der Waals surface area (Å²) >= 11 is 0. The molecule has 1 aromatic heterocycles. The Morgan fingerprint density at radius 2 is 2.58 bits per heavy atom. The number of hydrogen-bond acceptors (Lipinski definition) is 3. The summed E-state index contributed by atoms with van der Waals surface area (Å²) in [7, 11) is 1.82. The largest absolute Gasteiger partial charge is 0.395 e. The van der Waals surface area contributed by atoms with Crippen molar-refractivity contribution in [3.63, 3.8) is 0 Å². The van der Waals surface area contributed by atoms with Crippen LogP contribution >= 0.6 is 0 Å². The fourth-order valence-electron chi connectivity index (χ4n) is 0.976. The maximum absolute atomic E-state index is 8.74.